The molecule has 0 aliphatic rings. The van der Waals surface area contributed by atoms with Crippen LogP contribution in [0.3, 0.4) is 0 Å². The van der Waals surface area contributed by atoms with E-state index in [4.69, 9.17) is 0 Å². The van der Waals surface area contributed by atoms with Crippen molar-refractivity contribution in [3.63, 3.8) is 0 Å². The third-order valence-corrected chi connectivity index (χ3v) is 2.79. The zero-order chi connectivity index (χ0) is 12.0. The first kappa shape index (κ1) is 12.8. The first-order chi connectivity index (χ1) is 7.61. The molecule has 1 atom stereocenters. The average molecular weight is 218 g/mol. The fourth-order valence-corrected chi connectivity index (χ4v) is 1.53. The summed E-state index contributed by atoms with van der Waals surface area (Å²) in [6.45, 7) is 10.3. The van der Waals surface area contributed by atoms with Crippen molar-refractivity contribution in [2.75, 3.05) is 5.32 Å². The maximum absolute atomic E-state index is 4.25. The lowest BCUT2D eigenvalue weighted by molar-refractivity contribution is 0.516. The number of rotatable bonds is 6. The fraction of sp³-hybridized carbons (Fsp3) is 0.500. The van der Waals surface area contributed by atoms with Crippen LogP contribution in [0.5, 0.6) is 0 Å². The molecule has 0 amide bonds. The van der Waals surface area contributed by atoms with Crippen LogP contribution in [0.1, 0.15) is 39.2 Å². The van der Waals surface area contributed by atoms with Gasteiger partial charge in [-0.1, -0.05) is 26.8 Å². The molecule has 1 aromatic heterocycles. The van der Waals surface area contributed by atoms with Gasteiger partial charge in [-0.25, -0.2) is 4.98 Å². The molecule has 1 rings (SSSR count). The first-order valence-electron chi connectivity index (χ1n) is 5.99. The quantitative estimate of drug-likeness (QED) is 0.780. The number of nitrogens with one attached hydrogen (secondary N) is 1. The number of pyridine rings is 1. The maximum Gasteiger partial charge on any atom is 0.130 e. The topological polar surface area (TPSA) is 24.9 Å². The molecule has 0 radical (unpaired) electrons. The lowest BCUT2D eigenvalue weighted by atomic mass is 10.00. The summed E-state index contributed by atoms with van der Waals surface area (Å²) in [4.78, 5) is 4.25. The van der Waals surface area contributed by atoms with E-state index in [1.165, 1.54) is 18.4 Å². The van der Waals surface area contributed by atoms with Crippen molar-refractivity contribution in [2.24, 2.45) is 5.92 Å². The highest BCUT2D eigenvalue weighted by Gasteiger charge is 2.01. The van der Waals surface area contributed by atoms with Crippen molar-refractivity contribution in [2.45, 2.75) is 40.0 Å². The van der Waals surface area contributed by atoms with Gasteiger partial charge in [0.15, 0.2) is 0 Å². The largest absolute Gasteiger partial charge is 0.345 e. The Kier molecular flexibility index (Phi) is 5.03. The van der Waals surface area contributed by atoms with Crippen LogP contribution in [0.4, 0.5) is 5.82 Å². The molecule has 0 aromatic carbocycles. The van der Waals surface area contributed by atoms with Gasteiger partial charge in [0.1, 0.15) is 5.82 Å². The highest BCUT2D eigenvalue weighted by Crippen LogP contribution is 2.14. The molecule has 0 aliphatic carbocycles. The number of hydrogen-bond acceptors (Lipinski definition) is 2. The molecule has 0 spiro atoms. The molecular formula is C14H22N2. The molecule has 16 heavy (non-hydrogen) atoms. The van der Waals surface area contributed by atoms with Crippen molar-refractivity contribution >= 4 is 5.82 Å². The second-order valence-electron chi connectivity index (χ2n) is 4.51. The lowest BCUT2D eigenvalue weighted by Crippen LogP contribution is -1.99. The van der Waals surface area contributed by atoms with Crippen LogP contribution in [0, 0.1) is 5.92 Å². The number of aromatic nitrogens is 1. The summed E-state index contributed by atoms with van der Waals surface area (Å²) in [6.07, 6.45) is 5.48. The molecule has 1 N–H and O–H groups in total. The zero-order valence-electron chi connectivity index (χ0n) is 10.6. The SMILES string of the molecule is C=C(C)Nc1cc(CCC(C)CC)ccn1. The van der Waals surface area contributed by atoms with Gasteiger partial charge in [0.05, 0.1) is 0 Å². The fourth-order valence-electron chi connectivity index (χ4n) is 1.53. The molecule has 0 aliphatic heterocycles. The standard InChI is InChI=1S/C14H22N2/c1-5-12(4)6-7-13-8-9-15-14(10-13)16-11(2)3/h8-10,12H,2,5-7H2,1,3-4H3,(H,15,16). The Bertz CT molecular complexity index is 344. The third kappa shape index (κ3) is 4.47. The molecule has 88 valence electrons. The van der Waals surface area contributed by atoms with Crippen LogP contribution in [-0.4, -0.2) is 4.98 Å². The van der Waals surface area contributed by atoms with Gasteiger partial charge in [-0.05, 0) is 43.4 Å². The summed E-state index contributed by atoms with van der Waals surface area (Å²) in [5.74, 6) is 1.69. The predicted octanol–water partition coefficient (Wildman–Crippen LogP) is 4.01. The molecular weight excluding hydrogens is 196 g/mol. The summed E-state index contributed by atoms with van der Waals surface area (Å²) in [5, 5.41) is 3.14. The van der Waals surface area contributed by atoms with Gasteiger partial charge in [-0.15, -0.1) is 0 Å². The van der Waals surface area contributed by atoms with E-state index in [2.05, 4.69) is 42.9 Å². The Morgan fingerprint density at radius 1 is 1.56 bits per heavy atom. The summed E-state index contributed by atoms with van der Waals surface area (Å²) in [5.41, 5.74) is 2.27. The van der Waals surface area contributed by atoms with E-state index in [9.17, 15) is 0 Å². The van der Waals surface area contributed by atoms with Gasteiger partial charge >= 0.3 is 0 Å². The summed E-state index contributed by atoms with van der Waals surface area (Å²) in [7, 11) is 0. The third-order valence-electron chi connectivity index (χ3n) is 2.79. The molecule has 1 unspecified atom stereocenters. The number of anilines is 1. The van der Waals surface area contributed by atoms with E-state index < -0.39 is 0 Å². The zero-order valence-corrected chi connectivity index (χ0v) is 10.6. The molecule has 1 heterocycles. The Morgan fingerprint density at radius 2 is 2.31 bits per heavy atom. The molecule has 1 aromatic rings. The minimum atomic E-state index is 0.797. The number of aryl methyl sites for hydroxylation is 1. The van der Waals surface area contributed by atoms with Gasteiger partial charge in [-0.3, -0.25) is 0 Å². The molecule has 0 fully saturated rings. The van der Waals surface area contributed by atoms with Crippen molar-refractivity contribution in [1.82, 2.24) is 4.98 Å². The molecule has 2 nitrogen and oxygen atoms in total. The predicted molar refractivity (Wildman–Crippen MR) is 70.4 cm³/mol. The van der Waals surface area contributed by atoms with Gasteiger partial charge < -0.3 is 5.32 Å². The van der Waals surface area contributed by atoms with E-state index in [1.54, 1.807) is 0 Å². The Hall–Kier alpha value is -1.31. The van der Waals surface area contributed by atoms with Gasteiger partial charge in [-0.2, -0.15) is 0 Å². The summed E-state index contributed by atoms with van der Waals surface area (Å²) < 4.78 is 0. The van der Waals surface area contributed by atoms with E-state index in [-0.39, 0.29) is 0 Å². The Morgan fingerprint density at radius 3 is 2.94 bits per heavy atom. The van der Waals surface area contributed by atoms with Gasteiger partial charge in [0.25, 0.3) is 0 Å². The van der Waals surface area contributed by atoms with Crippen LogP contribution in [0.25, 0.3) is 0 Å². The van der Waals surface area contributed by atoms with Crippen molar-refractivity contribution in [3.05, 3.63) is 36.2 Å². The number of allylic oxidation sites excluding steroid dienone is 1. The molecule has 0 bridgehead atoms. The Labute approximate surface area is 98.8 Å². The number of hydrogen-bond donors (Lipinski definition) is 1. The maximum atomic E-state index is 4.25. The van der Waals surface area contributed by atoms with E-state index in [1.807, 2.05) is 13.1 Å². The van der Waals surface area contributed by atoms with Gasteiger partial charge in [0.2, 0.25) is 0 Å². The van der Waals surface area contributed by atoms with Gasteiger partial charge in [0, 0.05) is 11.9 Å². The summed E-state index contributed by atoms with van der Waals surface area (Å²) >= 11 is 0. The van der Waals surface area contributed by atoms with Crippen LogP contribution < -0.4 is 5.32 Å². The minimum Gasteiger partial charge on any atom is -0.345 e. The van der Waals surface area contributed by atoms with Crippen molar-refractivity contribution in [3.8, 4) is 0 Å². The van der Waals surface area contributed by atoms with Crippen molar-refractivity contribution in [1.29, 1.82) is 0 Å². The first-order valence-corrected chi connectivity index (χ1v) is 5.99. The summed E-state index contributed by atoms with van der Waals surface area (Å²) in [6, 6.07) is 4.20. The van der Waals surface area contributed by atoms with Crippen molar-refractivity contribution < 1.29 is 0 Å². The highest BCUT2D eigenvalue weighted by molar-refractivity contribution is 5.42. The second-order valence-corrected chi connectivity index (χ2v) is 4.51. The second kappa shape index (κ2) is 6.31. The van der Waals surface area contributed by atoms with Crippen LogP contribution in [0.2, 0.25) is 0 Å². The molecule has 0 saturated carbocycles. The van der Waals surface area contributed by atoms with E-state index in [0.717, 1.165) is 23.9 Å². The normalized spacial score (nSPS) is 12.2. The monoisotopic (exact) mass is 218 g/mol. The van der Waals surface area contributed by atoms with Crippen LogP contribution in [0.15, 0.2) is 30.6 Å². The molecule has 0 saturated heterocycles. The average Bonchev–Trinajstić information content (AvgIpc) is 2.25. The van der Waals surface area contributed by atoms with E-state index in [0.29, 0.717) is 0 Å². The van der Waals surface area contributed by atoms with E-state index >= 15 is 0 Å². The minimum absolute atomic E-state index is 0.797. The Balaban J connectivity index is 2.56. The lowest BCUT2D eigenvalue weighted by Gasteiger charge is -2.09. The molecule has 2 heteroatoms. The number of nitrogens with zero attached hydrogens (tertiary/aromatic N) is 1. The van der Waals surface area contributed by atoms with Crippen LogP contribution in [-0.2, 0) is 6.42 Å². The van der Waals surface area contributed by atoms with Crippen LogP contribution >= 0.6 is 0 Å². The highest BCUT2D eigenvalue weighted by atomic mass is 15.0. The smallest absolute Gasteiger partial charge is 0.130 e.